The zero-order chi connectivity index (χ0) is 16.4. The Morgan fingerprint density at radius 1 is 1.23 bits per heavy atom. The van der Waals surface area contributed by atoms with Crippen molar-refractivity contribution >= 4 is 16.1 Å². The van der Waals surface area contributed by atoms with Crippen LogP contribution in [-0.2, 0) is 28.6 Å². The Hall–Kier alpha value is -0.660. The lowest BCUT2D eigenvalue weighted by molar-refractivity contribution is -0.154. The Bertz CT molecular complexity index is 583. The van der Waals surface area contributed by atoms with E-state index >= 15 is 0 Å². The van der Waals surface area contributed by atoms with Gasteiger partial charge in [0.25, 0.3) is 10.1 Å². The number of fused-ring (bicyclic) bond motifs is 1. The van der Waals surface area contributed by atoms with Crippen molar-refractivity contribution in [1.29, 1.82) is 0 Å². The molecular weight excluding hydrogens is 308 g/mol. The predicted molar refractivity (Wildman–Crippen MR) is 78.5 cm³/mol. The molecule has 3 aliphatic rings. The van der Waals surface area contributed by atoms with Gasteiger partial charge in [-0.1, -0.05) is 27.7 Å². The van der Waals surface area contributed by atoms with Gasteiger partial charge in [-0.25, -0.2) is 0 Å². The Labute approximate surface area is 131 Å². The van der Waals surface area contributed by atoms with Gasteiger partial charge >= 0.3 is 5.97 Å². The van der Waals surface area contributed by atoms with Gasteiger partial charge in [0.05, 0.1) is 12.7 Å². The summed E-state index contributed by atoms with van der Waals surface area (Å²) in [6.45, 7) is 9.83. The quantitative estimate of drug-likeness (QED) is 0.571. The third kappa shape index (κ3) is 1.91. The van der Waals surface area contributed by atoms with Crippen molar-refractivity contribution in [2.45, 2.75) is 57.7 Å². The van der Waals surface area contributed by atoms with Crippen LogP contribution in [0, 0.1) is 23.7 Å². The van der Waals surface area contributed by atoms with Crippen LogP contribution in [0.4, 0.5) is 0 Å². The second kappa shape index (κ2) is 4.92. The van der Waals surface area contributed by atoms with E-state index in [-0.39, 0.29) is 17.8 Å². The predicted octanol–water partition coefficient (Wildman–Crippen LogP) is 1.34. The van der Waals surface area contributed by atoms with Crippen LogP contribution in [0.1, 0.15) is 34.6 Å². The molecule has 0 aliphatic carbocycles. The fourth-order valence-corrected chi connectivity index (χ4v) is 6.25. The van der Waals surface area contributed by atoms with Gasteiger partial charge in [-0.05, 0) is 18.8 Å². The highest BCUT2D eigenvalue weighted by Crippen LogP contribution is 2.61. The van der Waals surface area contributed by atoms with Gasteiger partial charge < -0.3 is 9.47 Å². The van der Waals surface area contributed by atoms with Crippen LogP contribution in [0.2, 0.25) is 0 Å². The molecule has 2 bridgehead atoms. The van der Waals surface area contributed by atoms with Gasteiger partial charge in [0.15, 0.2) is 0 Å². The number of ether oxygens (including phenoxy) is 2. The first-order valence-electron chi connectivity index (χ1n) is 7.86. The summed E-state index contributed by atoms with van der Waals surface area (Å²) in [7, 11) is -3.76. The minimum Gasteiger partial charge on any atom is -0.465 e. The van der Waals surface area contributed by atoms with Crippen LogP contribution >= 0.6 is 0 Å². The number of esters is 1. The van der Waals surface area contributed by atoms with E-state index in [1.54, 1.807) is 6.92 Å². The third-order valence-corrected chi connectivity index (χ3v) is 7.27. The first-order valence-corrected chi connectivity index (χ1v) is 9.27. The van der Waals surface area contributed by atoms with Crippen molar-refractivity contribution in [2.75, 3.05) is 6.61 Å². The van der Waals surface area contributed by atoms with E-state index in [0.717, 1.165) is 0 Å². The van der Waals surface area contributed by atoms with Crippen molar-refractivity contribution in [3.63, 3.8) is 0 Å². The topological polar surface area (TPSA) is 78.9 Å². The monoisotopic (exact) mass is 332 g/mol. The summed E-state index contributed by atoms with van der Waals surface area (Å²) >= 11 is 0. The molecule has 0 saturated carbocycles. The molecule has 0 aromatic rings. The molecule has 0 aromatic carbocycles. The van der Waals surface area contributed by atoms with Gasteiger partial charge in [0, 0.05) is 5.92 Å². The van der Waals surface area contributed by atoms with E-state index < -0.39 is 45.1 Å². The molecule has 7 heteroatoms. The Morgan fingerprint density at radius 2 is 1.86 bits per heavy atom. The molecule has 0 radical (unpaired) electrons. The standard InChI is InChI=1S/C15H24O6S/c1-7(2)6-19-14(16)9-11-10(8(3)4)15(5)13(20-11)12(9)21-22(15,17)18/h7-13H,6H2,1-5H3. The summed E-state index contributed by atoms with van der Waals surface area (Å²) in [5, 5.41) is 0. The highest BCUT2D eigenvalue weighted by Gasteiger charge is 2.78. The number of carbonyl (C=O) groups excluding carboxylic acids is 1. The lowest BCUT2D eigenvalue weighted by Crippen LogP contribution is -2.54. The van der Waals surface area contributed by atoms with E-state index in [1.807, 2.05) is 27.7 Å². The molecule has 126 valence electrons. The molecule has 3 rings (SSSR count). The number of rotatable bonds is 4. The molecular formula is C15H24O6S. The largest absolute Gasteiger partial charge is 0.465 e. The maximum Gasteiger partial charge on any atom is 0.314 e. The molecule has 6 unspecified atom stereocenters. The molecule has 3 aliphatic heterocycles. The Kier molecular flexibility index (Phi) is 3.62. The highest BCUT2D eigenvalue weighted by atomic mass is 32.2. The lowest BCUT2D eigenvalue weighted by atomic mass is 9.68. The lowest BCUT2D eigenvalue weighted by Gasteiger charge is -2.36. The number of hydrogen-bond donors (Lipinski definition) is 0. The molecule has 3 fully saturated rings. The second-order valence-electron chi connectivity index (χ2n) is 7.54. The minimum atomic E-state index is -3.76. The van der Waals surface area contributed by atoms with E-state index in [9.17, 15) is 13.2 Å². The van der Waals surface area contributed by atoms with Crippen molar-refractivity contribution < 1.29 is 26.9 Å². The van der Waals surface area contributed by atoms with Crippen molar-refractivity contribution in [2.24, 2.45) is 23.7 Å². The summed E-state index contributed by atoms with van der Waals surface area (Å²) in [6.07, 6.45) is -1.77. The second-order valence-corrected chi connectivity index (χ2v) is 9.52. The maximum atomic E-state index is 12.5. The minimum absolute atomic E-state index is 0.0674. The van der Waals surface area contributed by atoms with E-state index in [0.29, 0.717) is 6.61 Å². The molecule has 0 N–H and O–H groups in total. The van der Waals surface area contributed by atoms with Gasteiger partial charge in [-0.3, -0.25) is 8.98 Å². The van der Waals surface area contributed by atoms with Crippen LogP contribution in [0.25, 0.3) is 0 Å². The SMILES string of the molecule is CC(C)COC(=O)C1C2OS(=O)(=O)C3(C)C2OC1C3C(C)C. The smallest absolute Gasteiger partial charge is 0.314 e. The first-order chi connectivity index (χ1) is 10.1. The number of hydrogen-bond acceptors (Lipinski definition) is 6. The third-order valence-electron chi connectivity index (χ3n) is 5.22. The molecule has 0 spiro atoms. The molecule has 3 saturated heterocycles. The Balaban J connectivity index is 1.93. The van der Waals surface area contributed by atoms with E-state index in [1.165, 1.54) is 0 Å². The summed E-state index contributed by atoms with van der Waals surface area (Å²) < 4.78 is 40.5. The summed E-state index contributed by atoms with van der Waals surface area (Å²) in [6, 6.07) is 0. The molecule has 6 atom stereocenters. The molecule has 0 amide bonds. The van der Waals surface area contributed by atoms with Crippen LogP contribution in [0.5, 0.6) is 0 Å². The van der Waals surface area contributed by atoms with E-state index in [4.69, 9.17) is 13.7 Å². The molecule has 22 heavy (non-hydrogen) atoms. The highest BCUT2D eigenvalue weighted by molar-refractivity contribution is 7.88. The average Bonchev–Trinajstić information content (AvgIpc) is 2.92. The maximum absolute atomic E-state index is 12.5. The Morgan fingerprint density at radius 3 is 2.41 bits per heavy atom. The fourth-order valence-electron chi connectivity index (χ4n) is 4.32. The van der Waals surface area contributed by atoms with Gasteiger partial charge in [-0.2, -0.15) is 8.42 Å². The van der Waals surface area contributed by atoms with Crippen LogP contribution in [0.15, 0.2) is 0 Å². The van der Waals surface area contributed by atoms with Crippen LogP contribution in [-0.4, -0.2) is 44.1 Å². The molecule has 3 heterocycles. The van der Waals surface area contributed by atoms with Gasteiger partial charge in [-0.15, -0.1) is 0 Å². The summed E-state index contributed by atoms with van der Waals surface area (Å²) in [5.41, 5.74) is 0. The zero-order valence-electron chi connectivity index (χ0n) is 13.6. The van der Waals surface area contributed by atoms with Crippen molar-refractivity contribution in [1.82, 2.24) is 0 Å². The van der Waals surface area contributed by atoms with Crippen molar-refractivity contribution in [3.05, 3.63) is 0 Å². The van der Waals surface area contributed by atoms with E-state index in [2.05, 4.69) is 0 Å². The average molecular weight is 332 g/mol. The van der Waals surface area contributed by atoms with Crippen LogP contribution in [0.3, 0.4) is 0 Å². The number of carbonyl (C=O) groups is 1. The first kappa shape index (κ1) is 16.2. The van der Waals surface area contributed by atoms with Crippen LogP contribution < -0.4 is 0 Å². The normalized spacial score (nSPS) is 45.0. The summed E-state index contributed by atoms with van der Waals surface area (Å²) in [4.78, 5) is 12.4. The molecule has 6 nitrogen and oxygen atoms in total. The van der Waals surface area contributed by atoms with Gasteiger partial charge in [0.2, 0.25) is 0 Å². The van der Waals surface area contributed by atoms with Gasteiger partial charge in [0.1, 0.15) is 22.9 Å². The fraction of sp³-hybridized carbons (Fsp3) is 0.933. The zero-order valence-corrected chi connectivity index (χ0v) is 14.4. The summed E-state index contributed by atoms with van der Waals surface area (Å²) in [5.74, 6) is -1.03. The van der Waals surface area contributed by atoms with Crippen molar-refractivity contribution in [3.8, 4) is 0 Å². The molecule has 0 aromatic heterocycles.